The van der Waals surface area contributed by atoms with Crippen molar-refractivity contribution in [3.05, 3.63) is 28.8 Å². The van der Waals surface area contributed by atoms with Gasteiger partial charge in [-0.1, -0.05) is 13.3 Å². The fraction of sp³-hybridized carbons (Fsp3) is 0.538. The molecular formula is C13H20O2. The van der Waals surface area contributed by atoms with E-state index in [0.717, 1.165) is 41.9 Å². The van der Waals surface area contributed by atoms with Crippen LogP contribution in [0.3, 0.4) is 0 Å². The van der Waals surface area contributed by atoms with Gasteiger partial charge in [-0.25, -0.2) is 0 Å². The molecule has 0 fully saturated rings. The smallest absolute Gasteiger partial charge is 0.122 e. The Labute approximate surface area is 91.9 Å². The lowest BCUT2D eigenvalue weighted by atomic mass is 10.1. The molecule has 0 atom stereocenters. The Morgan fingerprint density at radius 1 is 1.20 bits per heavy atom. The summed E-state index contributed by atoms with van der Waals surface area (Å²) in [6, 6.07) is 4.01. The summed E-state index contributed by atoms with van der Waals surface area (Å²) < 4.78 is 5.68. The predicted molar refractivity (Wildman–Crippen MR) is 62.2 cm³/mol. The standard InChI is InChI=1S/C13H20O2/c1-4-5-6-15-13-8-10(2)12(9-14)7-11(13)3/h7-8,14H,4-6,9H2,1-3H3. The molecule has 1 N–H and O–H groups in total. The molecule has 0 aliphatic carbocycles. The van der Waals surface area contributed by atoms with Crippen LogP contribution in [0.1, 0.15) is 36.5 Å². The highest BCUT2D eigenvalue weighted by atomic mass is 16.5. The molecule has 0 saturated carbocycles. The highest BCUT2D eigenvalue weighted by Crippen LogP contribution is 2.23. The molecule has 0 aliphatic rings. The molecule has 0 amide bonds. The van der Waals surface area contributed by atoms with Crippen molar-refractivity contribution in [1.82, 2.24) is 0 Å². The molecule has 15 heavy (non-hydrogen) atoms. The average molecular weight is 208 g/mol. The fourth-order valence-corrected chi connectivity index (χ4v) is 1.50. The van der Waals surface area contributed by atoms with E-state index in [2.05, 4.69) is 6.92 Å². The fourth-order valence-electron chi connectivity index (χ4n) is 1.50. The minimum atomic E-state index is 0.0991. The first-order chi connectivity index (χ1) is 7.19. The zero-order valence-electron chi connectivity index (χ0n) is 9.84. The maximum atomic E-state index is 9.11. The number of unbranched alkanes of at least 4 members (excludes halogenated alkanes) is 1. The van der Waals surface area contributed by atoms with E-state index in [-0.39, 0.29) is 6.61 Å². The summed E-state index contributed by atoms with van der Waals surface area (Å²) in [6.45, 7) is 7.03. The molecule has 0 bridgehead atoms. The number of benzene rings is 1. The quantitative estimate of drug-likeness (QED) is 0.754. The lowest BCUT2D eigenvalue weighted by Gasteiger charge is -2.12. The van der Waals surface area contributed by atoms with Crippen LogP contribution in [-0.4, -0.2) is 11.7 Å². The molecule has 0 aliphatic heterocycles. The molecule has 0 aromatic heterocycles. The Morgan fingerprint density at radius 2 is 1.93 bits per heavy atom. The molecule has 0 spiro atoms. The molecule has 84 valence electrons. The second-order valence-electron chi connectivity index (χ2n) is 3.90. The van der Waals surface area contributed by atoms with Crippen LogP contribution >= 0.6 is 0 Å². The van der Waals surface area contributed by atoms with Gasteiger partial charge in [-0.05, 0) is 49.1 Å². The van der Waals surface area contributed by atoms with Crippen molar-refractivity contribution in [3.8, 4) is 5.75 Å². The van der Waals surface area contributed by atoms with E-state index in [1.165, 1.54) is 0 Å². The Bertz CT molecular complexity index is 319. The van der Waals surface area contributed by atoms with Gasteiger partial charge in [0.1, 0.15) is 5.75 Å². The summed E-state index contributed by atoms with van der Waals surface area (Å²) in [6.07, 6.45) is 2.23. The zero-order chi connectivity index (χ0) is 11.3. The maximum absolute atomic E-state index is 9.11. The molecule has 0 heterocycles. The monoisotopic (exact) mass is 208 g/mol. The van der Waals surface area contributed by atoms with E-state index in [1.807, 2.05) is 26.0 Å². The van der Waals surface area contributed by atoms with Crippen LogP contribution < -0.4 is 4.74 Å². The third-order valence-electron chi connectivity index (χ3n) is 2.56. The van der Waals surface area contributed by atoms with Crippen molar-refractivity contribution in [2.75, 3.05) is 6.61 Å². The lowest BCUT2D eigenvalue weighted by Crippen LogP contribution is -2.00. The van der Waals surface area contributed by atoms with Gasteiger partial charge in [-0.2, -0.15) is 0 Å². The molecule has 1 aromatic rings. The van der Waals surface area contributed by atoms with Crippen LogP contribution in [0.4, 0.5) is 0 Å². The zero-order valence-corrected chi connectivity index (χ0v) is 9.84. The summed E-state index contributed by atoms with van der Waals surface area (Å²) >= 11 is 0. The van der Waals surface area contributed by atoms with Crippen LogP contribution in [0.2, 0.25) is 0 Å². The summed E-state index contributed by atoms with van der Waals surface area (Å²) in [5, 5.41) is 9.11. The SMILES string of the molecule is CCCCOc1cc(C)c(CO)cc1C. The molecule has 2 heteroatoms. The largest absolute Gasteiger partial charge is 0.493 e. The van der Waals surface area contributed by atoms with Gasteiger partial charge in [0.25, 0.3) is 0 Å². The molecular weight excluding hydrogens is 188 g/mol. The minimum absolute atomic E-state index is 0.0991. The highest BCUT2D eigenvalue weighted by Gasteiger charge is 2.04. The molecule has 0 saturated heterocycles. The van der Waals surface area contributed by atoms with E-state index in [1.54, 1.807) is 0 Å². The average Bonchev–Trinajstić information content (AvgIpc) is 2.23. The number of rotatable bonds is 5. The number of hydrogen-bond donors (Lipinski definition) is 1. The van der Waals surface area contributed by atoms with Gasteiger partial charge in [0.2, 0.25) is 0 Å². The normalized spacial score (nSPS) is 10.4. The minimum Gasteiger partial charge on any atom is -0.493 e. The number of hydrogen-bond acceptors (Lipinski definition) is 2. The second kappa shape index (κ2) is 5.76. The summed E-state index contributed by atoms with van der Waals surface area (Å²) in [5.74, 6) is 0.943. The van der Waals surface area contributed by atoms with E-state index in [0.29, 0.717) is 0 Å². The third kappa shape index (κ3) is 3.24. The lowest BCUT2D eigenvalue weighted by molar-refractivity contribution is 0.279. The van der Waals surface area contributed by atoms with Gasteiger partial charge in [-0.3, -0.25) is 0 Å². The molecule has 2 nitrogen and oxygen atoms in total. The number of aliphatic hydroxyl groups is 1. The van der Waals surface area contributed by atoms with Gasteiger partial charge < -0.3 is 9.84 Å². The number of ether oxygens (including phenoxy) is 1. The van der Waals surface area contributed by atoms with Gasteiger partial charge in [-0.15, -0.1) is 0 Å². The second-order valence-corrected chi connectivity index (χ2v) is 3.90. The van der Waals surface area contributed by atoms with Crippen molar-refractivity contribution in [2.24, 2.45) is 0 Å². The third-order valence-corrected chi connectivity index (χ3v) is 2.56. The highest BCUT2D eigenvalue weighted by molar-refractivity contribution is 5.41. The molecule has 0 radical (unpaired) electrons. The maximum Gasteiger partial charge on any atom is 0.122 e. The van der Waals surface area contributed by atoms with Crippen molar-refractivity contribution < 1.29 is 9.84 Å². The van der Waals surface area contributed by atoms with Crippen molar-refractivity contribution in [3.63, 3.8) is 0 Å². The predicted octanol–water partition coefficient (Wildman–Crippen LogP) is 2.97. The topological polar surface area (TPSA) is 29.5 Å². The van der Waals surface area contributed by atoms with Crippen LogP contribution in [0, 0.1) is 13.8 Å². The Hall–Kier alpha value is -1.02. The van der Waals surface area contributed by atoms with Gasteiger partial charge >= 0.3 is 0 Å². The molecule has 1 aromatic carbocycles. The van der Waals surface area contributed by atoms with Crippen molar-refractivity contribution in [1.29, 1.82) is 0 Å². The molecule has 0 unspecified atom stereocenters. The first-order valence-corrected chi connectivity index (χ1v) is 5.52. The summed E-state index contributed by atoms with van der Waals surface area (Å²) in [5.41, 5.74) is 3.17. The summed E-state index contributed by atoms with van der Waals surface area (Å²) in [4.78, 5) is 0. The van der Waals surface area contributed by atoms with Gasteiger partial charge in [0, 0.05) is 0 Å². The Kier molecular flexibility index (Phi) is 4.63. The van der Waals surface area contributed by atoms with Gasteiger partial charge in [0.05, 0.1) is 13.2 Å². The van der Waals surface area contributed by atoms with Crippen LogP contribution in [0.25, 0.3) is 0 Å². The van der Waals surface area contributed by atoms with Crippen LogP contribution in [-0.2, 0) is 6.61 Å². The first-order valence-electron chi connectivity index (χ1n) is 5.52. The first kappa shape index (κ1) is 12.1. The van der Waals surface area contributed by atoms with Crippen LogP contribution in [0.15, 0.2) is 12.1 Å². The van der Waals surface area contributed by atoms with Gasteiger partial charge in [0.15, 0.2) is 0 Å². The number of aryl methyl sites for hydroxylation is 2. The van der Waals surface area contributed by atoms with E-state index < -0.39 is 0 Å². The van der Waals surface area contributed by atoms with E-state index in [4.69, 9.17) is 9.84 Å². The Morgan fingerprint density at radius 3 is 2.53 bits per heavy atom. The van der Waals surface area contributed by atoms with E-state index in [9.17, 15) is 0 Å². The van der Waals surface area contributed by atoms with E-state index >= 15 is 0 Å². The summed E-state index contributed by atoms with van der Waals surface area (Å²) in [7, 11) is 0. The Balaban J connectivity index is 2.76. The van der Waals surface area contributed by atoms with Crippen molar-refractivity contribution >= 4 is 0 Å². The van der Waals surface area contributed by atoms with Crippen LogP contribution in [0.5, 0.6) is 5.75 Å². The van der Waals surface area contributed by atoms with Crippen molar-refractivity contribution in [2.45, 2.75) is 40.2 Å². The molecule has 1 rings (SSSR count). The number of aliphatic hydroxyl groups excluding tert-OH is 1.